The van der Waals surface area contributed by atoms with Gasteiger partial charge in [0.05, 0.1) is 18.1 Å². The first kappa shape index (κ1) is 16.0. The molecule has 0 spiro atoms. The maximum atomic E-state index is 5.70. The number of allylic oxidation sites excluding steroid dienone is 4. The molecule has 0 amide bonds. The first-order valence-corrected chi connectivity index (χ1v) is 9.36. The van der Waals surface area contributed by atoms with Crippen LogP contribution in [0.3, 0.4) is 0 Å². The molecule has 3 aromatic carbocycles. The van der Waals surface area contributed by atoms with Gasteiger partial charge in [0.15, 0.2) is 0 Å². The largest absolute Gasteiger partial charge is 0.496 e. The van der Waals surface area contributed by atoms with Crippen molar-refractivity contribution in [2.75, 3.05) is 7.11 Å². The minimum Gasteiger partial charge on any atom is -0.496 e. The Balaban J connectivity index is 1.85. The van der Waals surface area contributed by atoms with Gasteiger partial charge in [-0.25, -0.2) is 0 Å². The monoisotopic (exact) mass is 351 g/mol. The molecular weight excluding hydrogens is 330 g/mol. The molecule has 2 nitrogen and oxygen atoms in total. The lowest BCUT2D eigenvalue weighted by atomic mass is 9.92. The topological polar surface area (TPSA) is 14.2 Å². The van der Waals surface area contributed by atoms with Crippen LogP contribution < -0.4 is 4.74 Å². The molecule has 0 aliphatic heterocycles. The summed E-state index contributed by atoms with van der Waals surface area (Å²) >= 11 is 0. The number of fused-ring (bicyclic) bond motifs is 3. The lowest BCUT2D eigenvalue weighted by molar-refractivity contribution is 0.420. The number of ether oxygens (including phenoxy) is 1. The molecule has 0 fully saturated rings. The summed E-state index contributed by atoms with van der Waals surface area (Å²) < 4.78 is 8.04. The van der Waals surface area contributed by atoms with E-state index in [1.165, 1.54) is 33.1 Å². The average Bonchev–Trinajstić information content (AvgIpc) is 3.08. The van der Waals surface area contributed by atoms with Crippen molar-refractivity contribution in [1.29, 1.82) is 0 Å². The molecule has 0 saturated carbocycles. The molecular formula is C25H21NO. The Kier molecular flexibility index (Phi) is 3.83. The fourth-order valence-electron chi connectivity index (χ4n) is 4.14. The molecule has 0 radical (unpaired) electrons. The highest BCUT2D eigenvalue weighted by molar-refractivity contribution is 6.12. The van der Waals surface area contributed by atoms with E-state index in [-0.39, 0.29) is 0 Å². The summed E-state index contributed by atoms with van der Waals surface area (Å²) in [7, 11) is 1.74. The Morgan fingerprint density at radius 2 is 1.78 bits per heavy atom. The van der Waals surface area contributed by atoms with Gasteiger partial charge < -0.3 is 9.30 Å². The Labute approximate surface area is 159 Å². The number of nitrogens with zero attached hydrogens (tertiary/aromatic N) is 1. The van der Waals surface area contributed by atoms with Crippen LogP contribution in [0.25, 0.3) is 27.5 Å². The van der Waals surface area contributed by atoms with Gasteiger partial charge in [-0.3, -0.25) is 0 Å². The van der Waals surface area contributed by atoms with Crippen molar-refractivity contribution < 1.29 is 4.74 Å². The van der Waals surface area contributed by atoms with Gasteiger partial charge in [0.1, 0.15) is 5.75 Å². The third-order valence-corrected chi connectivity index (χ3v) is 5.42. The highest BCUT2D eigenvalue weighted by atomic mass is 16.5. The van der Waals surface area contributed by atoms with Crippen molar-refractivity contribution in [1.82, 2.24) is 4.57 Å². The fourth-order valence-corrected chi connectivity index (χ4v) is 4.14. The average molecular weight is 351 g/mol. The molecule has 132 valence electrons. The zero-order valence-corrected chi connectivity index (χ0v) is 15.3. The number of para-hydroxylation sites is 1. The van der Waals surface area contributed by atoms with E-state index in [1.807, 2.05) is 6.07 Å². The summed E-state index contributed by atoms with van der Waals surface area (Å²) in [5, 5.41) is 2.40. The van der Waals surface area contributed by atoms with Crippen molar-refractivity contribution in [3.63, 3.8) is 0 Å². The van der Waals surface area contributed by atoms with Crippen molar-refractivity contribution in [3.8, 4) is 11.4 Å². The Morgan fingerprint density at radius 1 is 0.889 bits per heavy atom. The van der Waals surface area contributed by atoms with Crippen LogP contribution in [-0.4, -0.2) is 11.7 Å². The Bertz CT molecular complexity index is 1180. The molecule has 4 aromatic rings. The number of hydrogen-bond donors (Lipinski definition) is 0. The zero-order chi connectivity index (χ0) is 18.2. The molecule has 0 N–H and O–H groups in total. The van der Waals surface area contributed by atoms with Crippen LogP contribution in [0.5, 0.6) is 5.75 Å². The molecule has 0 bridgehead atoms. The summed E-state index contributed by atoms with van der Waals surface area (Å²) in [5.41, 5.74) is 4.91. The lowest BCUT2D eigenvalue weighted by Crippen LogP contribution is -1.98. The standard InChI is InChI=1S/C25H21NO/c1-27-24-14-8-13-22-25(24)21-16-15-19(18-9-4-2-5-10-18)17-23(21)26(22)20-11-6-3-7-12-20/h2-9,11-18H,10H2,1H3. The summed E-state index contributed by atoms with van der Waals surface area (Å²) in [5.74, 6) is 1.35. The van der Waals surface area contributed by atoms with E-state index in [4.69, 9.17) is 4.74 Å². The predicted molar refractivity (Wildman–Crippen MR) is 113 cm³/mol. The second-order valence-corrected chi connectivity index (χ2v) is 6.96. The van der Waals surface area contributed by atoms with Gasteiger partial charge in [0.2, 0.25) is 0 Å². The first-order chi connectivity index (χ1) is 13.4. The van der Waals surface area contributed by atoms with Crippen molar-refractivity contribution in [2.24, 2.45) is 0 Å². The van der Waals surface area contributed by atoms with Crippen molar-refractivity contribution in [2.45, 2.75) is 12.3 Å². The van der Waals surface area contributed by atoms with E-state index < -0.39 is 0 Å². The van der Waals surface area contributed by atoms with Gasteiger partial charge in [-0.15, -0.1) is 0 Å². The van der Waals surface area contributed by atoms with Gasteiger partial charge in [0, 0.05) is 22.4 Å². The molecule has 1 aliphatic rings. The molecule has 5 rings (SSSR count). The molecule has 0 saturated heterocycles. The van der Waals surface area contributed by atoms with Crippen LogP contribution in [0.1, 0.15) is 17.9 Å². The third-order valence-electron chi connectivity index (χ3n) is 5.42. The minimum absolute atomic E-state index is 0.434. The summed E-state index contributed by atoms with van der Waals surface area (Å²) in [6.07, 6.45) is 9.85. The van der Waals surface area contributed by atoms with Gasteiger partial charge in [0.25, 0.3) is 0 Å². The Hall–Kier alpha value is -3.26. The van der Waals surface area contributed by atoms with Crippen LogP contribution in [0.4, 0.5) is 0 Å². The van der Waals surface area contributed by atoms with Crippen LogP contribution in [-0.2, 0) is 0 Å². The SMILES string of the molecule is COc1cccc2c1c1ccc(C3C=CC=CC3)cc1n2-c1ccccc1. The minimum atomic E-state index is 0.434. The molecule has 1 atom stereocenters. The third kappa shape index (κ3) is 2.57. The van der Waals surface area contributed by atoms with Crippen molar-refractivity contribution in [3.05, 3.63) is 96.6 Å². The maximum absolute atomic E-state index is 5.70. The summed E-state index contributed by atoms with van der Waals surface area (Å²) in [6, 6.07) is 23.7. The van der Waals surface area contributed by atoms with Crippen LogP contribution in [0, 0.1) is 0 Å². The number of aromatic nitrogens is 1. The predicted octanol–water partition coefficient (Wildman–Crippen LogP) is 6.39. The van der Waals surface area contributed by atoms with E-state index >= 15 is 0 Å². The smallest absolute Gasteiger partial charge is 0.128 e. The lowest BCUT2D eigenvalue weighted by Gasteiger charge is -2.14. The van der Waals surface area contributed by atoms with Gasteiger partial charge in [-0.2, -0.15) is 0 Å². The summed E-state index contributed by atoms with van der Waals surface area (Å²) in [6.45, 7) is 0. The van der Waals surface area contributed by atoms with Crippen LogP contribution in [0.15, 0.2) is 91.0 Å². The van der Waals surface area contributed by atoms with Gasteiger partial charge in [-0.05, 0) is 42.3 Å². The fraction of sp³-hybridized carbons (Fsp3) is 0.120. The second-order valence-electron chi connectivity index (χ2n) is 6.96. The molecule has 2 heteroatoms. The van der Waals surface area contributed by atoms with Crippen LogP contribution >= 0.6 is 0 Å². The highest BCUT2D eigenvalue weighted by Gasteiger charge is 2.17. The molecule has 1 aliphatic carbocycles. The number of methoxy groups -OCH3 is 1. The quantitative estimate of drug-likeness (QED) is 0.417. The first-order valence-electron chi connectivity index (χ1n) is 9.36. The van der Waals surface area contributed by atoms with Crippen LogP contribution in [0.2, 0.25) is 0 Å². The van der Waals surface area contributed by atoms with Crippen molar-refractivity contribution >= 4 is 21.8 Å². The molecule has 1 aromatic heterocycles. The maximum Gasteiger partial charge on any atom is 0.128 e. The Morgan fingerprint density at radius 3 is 2.56 bits per heavy atom. The van der Waals surface area contributed by atoms with E-state index in [2.05, 4.69) is 89.5 Å². The number of hydrogen-bond acceptors (Lipinski definition) is 1. The second kappa shape index (κ2) is 6.48. The van der Waals surface area contributed by atoms with Gasteiger partial charge in [-0.1, -0.05) is 60.7 Å². The molecule has 1 unspecified atom stereocenters. The van der Waals surface area contributed by atoms with E-state index in [0.29, 0.717) is 5.92 Å². The van der Waals surface area contributed by atoms with E-state index in [0.717, 1.165) is 12.2 Å². The van der Waals surface area contributed by atoms with E-state index in [1.54, 1.807) is 7.11 Å². The highest BCUT2D eigenvalue weighted by Crippen LogP contribution is 2.39. The molecule has 1 heterocycles. The normalized spacial score (nSPS) is 16.3. The van der Waals surface area contributed by atoms with E-state index in [9.17, 15) is 0 Å². The number of rotatable bonds is 3. The zero-order valence-electron chi connectivity index (χ0n) is 15.3. The number of benzene rings is 3. The molecule has 27 heavy (non-hydrogen) atoms. The van der Waals surface area contributed by atoms with Gasteiger partial charge >= 0.3 is 0 Å². The summed E-state index contributed by atoms with van der Waals surface area (Å²) in [4.78, 5) is 0.